The molecule has 2 heterocycles. The Hall–Kier alpha value is -3.20. The van der Waals surface area contributed by atoms with Gasteiger partial charge in [0.25, 0.3) is 10.0 Å². The van der Waals surface area contributed by atoms with Crippen LogP contribution in [0.2, 0.25) is 0 Å². The summed E-state index contributed by atoms with van der Waals surface area (Å²) in [6.07, 6.45) is 3.02. The average molecular weight is 441 g/mol. The molecule has 4 rings (SSSR count). The fourth-order valence-electron chi connectivity index (χ4n) is 3.52. The molecule has 8 nitrogen and oxygen atoms in total. The van der Waals surface area contributed by atoms with Gasteiger partial charge in [-0.2, -0.15) is 4.98 Å². The third-order valence-electron chi connectivity index (χ3n) is 5.29. The number of rotatable bonds is 5. The first-order valence-electron chi connectivity index (χ1n) is 10.2. The second kappa shape index (κ2) is 8.50. The number of sulfonamides is 1. The molecule has 1 N–H and O–H groups in total. The van der Waals surface area contributed by atoms with Crippen molar-refractivity contribution in [2.45, 2.75) is 38.0 Å². The smallest absolute Gasteiger partial charge is 0.316 e. The molecule has 1 aromatic heterocycles. The highest BCUT2D eigenvalue weighted by molar-refractivity contribution is 7.92. The number of nitrogens with zero attached hydrogens (tertiary/aromatic N) is 3. The van der Waals surface area contributed by atoms with Crippen LogP contribution in [-0.2, 0) is 10.0 Å². The molecule has 0 atom stereocenters. The standard InChI is InChI=1S/C22H24N4O4S/c1-15-6-10-18(11-7-15)25-31(28,29)19-14-17(9-8-16(19)2)20-23-21(30-24-20)22(27)26-12-4-3-5-13-26/h6-11,14,25H,3-5,12-13H2,1-2H3. The fourth-order valence-corrected chi connectivity index (χ4v) is 4.85. The second-order valence-electron chi connectivity index (χ2n) is 7.73. The largest absolute Gasteiger partial charge is 0.334 e. The van der Waals surface area contributed by atoms with Gasteiger partial charge in [-0.05, 0) is 56.9 Å². The Morgan fingerprint density at radius 1 is 1.03 bits per heavy atom. The number of amides is 1. The van der Waals surface area contributed by atoms with E-state index in [0.717, 1.165) is 24.8 Å². The fraction of sp³-hybridized carbons (Fsp3) is 0.318. The van der Waals surface area contributed by atoms with Crippen LogP contribution >= 0.6 is 0 Å². The molecule has 0 bridgehead atoms. The molecule has 162 valence electrons. The molecular formula is C22H24N4O4S. The normalized spacial score (nSPS) is 14.5. The quantitative estimate of drug-likeness (QED) is 0.647. The maximum Gasteiger partial charge on any atom is 0.316 e. The van der Waals surface area contributed by atoms with Gasteiger partial charge in [0.2, 0.25) is 5.82 Å². The lowest BCUT2D eigenvalue weighted by Crippen LogP contribution is -2.35. The number of carbonyl (C=O) groups excluding carboxylic acids is 1. The number of hydrogen-bond acceptors (Lipinski definition) is 6. The molecule has 0 aliphatic carbocycles. The molecule has 3 aromatic rings. The Labute approximate surface area is 181 Å². The zero-order valence-corrected chi connectivity index (χ0v) is 18.3. The Kier molecular flexibility index (Phi) is 5.77. The van der Waals surface area contributed by atoms with E-state index in [9.17, 15) is 13.2 Å². The molecule has 0 spiro atoms. The van der Waals surface area contributed by atoms with Crippen molar-refractivity contribution in [3.05, 3.63) is 59.5 Å². The Balaban J connectivity index is 1.60. The van der Waals surface area contributed by atoms with E-state index in [1.165, 1.54) is 6.07 Å². The average Bonchev–Trinajstić information content (AvgIpc) is 3.26. The second-order valence-corrected chi connectivity index (χ2v) is 9.38. The summed E-state index contributed by atoms with van der Waals surface area (Å²) in [7, 11) is -3.83. The summed E-state index contributed by atoms with van der Waals surface area (Å²) >= 11 is 0. The number of benzene rings is 2. The molecular weight excluding hydrogens is 416 g/mol. The number of nitrogens with one attached hydrogen (secondary N) is 1. The van der Waals surface area contributed by atoms with Crippen LogP contribution in [0.5, 0.6) is 0 Å². The van der Waals surface area contributed by atoms with Crippen molar-refractivity contribution in [3.63, 3.8) is 0 Å². The highest BCUT2D eigenvalue weighted by Crippen LogP contribution is 2.26. The first-order valence-corrected chi connectivity index (χ1v) is 11.7. The summed E-state index contributed by atoms with van der Waals surface area (Å²) in [5.41, 5.74) is 2.55. The van der Waals surface area contributed by atoms with Crippen LogP contribution in [0.15, 0.2) is 51.9 Å². The van der Waals surface area contributed by atoms with Crippen LogP contribution in [0.4, 0.5) is 5.69 Å². The van der Waals surface area contributed by atoms with E-state index in [0.29, 0.717) is 29.9 Å². The van der Waals surface area contributed by atoms with Crippen LogP contribution in [0.3, 0.4) is 0 Å². The summed E-state index contributed by atoms with van der Waals surface area (Å²) in [4.78, 5) is 18.6. The minimum Gasteiger partial charge on any atom is -0.334 e. The van der Waals surface area contributed by atoms with E-state index in [1.54, 1.807) is 36.1 Å². The molecule has 0 saturated carbocycles. The Bertz CT molecular complexity index is 1200. The summed E-state index contributed by atoms with van der Waals surface area (Å²) in [5.74, 6) is -0.203. The van der Waals surface area contributed by atoms with Crippen molar-refractivity contribution in [3.8, 4) is 11.4 Å². The highest BCUT2D eigenvalue weighted by Gasteiger charge is 2.25. The first kappa shape index (κ1) is 21.0. The minimum absolute atomic E-state index is 0.0836. The van der Waals surface area contributed by atoms with Crippen LogP contribution in [-0.4, -0.2) is 42.5 Å². The van der Waals surface area contributed by atoms with Crippen molar-refractivity contribution in [2.24, 2.45) is 0 Å². The molecule has 0 radical (unpaired) electrons. The molecule has 1 saturated heterocycles. The zero-order chi connectivity index (χ0) is 22.0. The number of hydrogen-bond donors (Lipinski definition) is 1. The van der Waals surface area contributed by atoms with Crippen molar-refractivity contribution in [2.75, 3.05) is 17.8 Å². The van der Waals surface area contributed by atoms with Crippen LogP contribution in [0, 0.1) is 13.8 Å². The molecule has 9 heteroatoms. The lowest BCUT2D eigenvalue weighted by molar-refractivity contribution is 0.0674. The van der Waals surface area contributed by atoms with Crippen molar-refractivity contribution in [1.82, 2.24) is 15.0 Å². The minimum atomic E-state index is -3.83. The summed E-state index contributed by atoms with van der Waals surface area (Å²) in [6, 6.07) is 12.0. The van der Waals surface area contributed by atoms with Gasteiger partial charge in [-0.15, -0.1) is 0 Å². The maximum absolute atomic E-state index is 13.0. The van der Waals surface area contributed by atoms with Crippen molar-refractivity contribution < 1.29 is 17.7 Å². The first-order chi connectivity index (χ1) is 14.8. The van der Waals surface area contributed by atoms with Gasteiger partial charge in [0, 0.05) is 24.3 Å². The molecule has 0 unspecified atom stereocenters. The predicted molar refractivity (Wildman–Crippen MR) is 116 cm³/mol. The number of aryl methyl sites for hydroxylation is 2. The van der Waals surface area contributed by atoms with Crippen LogP contribution in [0.1, 0.15) is 41.1 Å². The van der Waals surface area contributed by atoms with E-state index in [2.05, 4.69) is 14.9 Å². The van der Waals surface area contributed by atoms with Gasteiger partial charge in [0.05, 0.1) is 4.90 Å². The molecule has 1 amide bonds. The monoisotopic (exact) mass is 440 g/mol. The summed E-state index contributed by atoms with van der Waals surface area (Å²) in [6.45, 7) is 5.00. The van der Waals surface area contributed by atoms with Gasteiger partial charge in [-0.3, -0.25) is 9.52 Å². The SMILES string of the molecule is Cc1ccc(NS(=O)(=O)c2cc(-c3noc(C(=O)N4CCCCC4)n3)ccc2C)cc1. The summed E-state index contributed by atoms with van der Waals surface area (Å²) in [5, 5.41) is 3.90. The number of aromatic nitrogens is 2. The highest BCUT2D eigenvalue weighted by atomic mass is 32.2. The Morgan fingerprint density at radius 2 is 1.74 bits per heavy atom. The van der Waals surface area contributed by atoms with E-state index in [4.69, 9.17) is 4.52 Å². The van der Waals surface area contributed by atoms with Gasteiger partial charge in [0.15, 0.2) is 0 Å². The van der Waals surface area contributed by atoms with Gasteiger partial charge in [0.1, 0.15) is 0 Å². The van der Waals surface area contributed by atoms with Gasteiger partial charge < -0.3 is 9.42 Å². The number of anilines is 1. The van der Waals surface area contributed by atoms with E-state index >= 15 is 0 Å². The number of likely N-dealkylation sites (tertiary alicyclic amines) is 1. The molecule has 31 heavy (non-hydrogen) atoms. The third-order valence-corrected chi connectivity index (χ3v) is 6.82. The molecule has 1 aliphatic rings. The maximum atomic E-state index is 13.0. The van der Waals surface area contributed by atoms with Gasteiger partial charge >= 0.3 is 11.8 Å². The predicted octanol–water partition coefficient (Wildman–Crippen LogP) is 3.78. The summed E-state index contributed by atoms with van der Waals surface area (Å²) < 4.78 is 33.7. The zero-order valence-electron chi connectivity index (χ0n) is 17.5. The van der Waals surface area contributed by atoms with E-state index in [1.807, 2.05) is 19.1 Å². The number of carbonyl (C=O) groups is 1. The lowest BCUT2D eigenvalue weighted by Gasteiger charge is -2.24. The molecule has 1 aliphatic heterocycles. The van der Waals surface area contributed by atoms with Crippen LogP contribution < -0.4 is 4.72 Å². The van der Waals surface area contributed by atoms with E-state index < -0.39 is 10.0 Å². The van der Waals surface area contributed by atoms with Crippen LogP contribution in [0.25, 0.3) is 11.4 Å². The van der Waals surface area contributed by atoms with E-state index in [-0.39, 0.29) is 22.5 Å². The number of piperidine rings is 1. The van der Waals surface area contributed by atoms with Crippen molar-refractivity contribution in [1.29, 1.82) is 0 Å². The topological polar surface area (TPSA) is 105 Å². The Morgan fingerprint density at radius 3 is 2.45 bits per heavy atom. The third kappa shape index (κ3) is 4.61. The van der Waals surface area contributed by atoms with Gasteiger partial charge in [-0.1, -0.05) is 35.0 Å². The molecule has 1 fully saturated rings. The van der Waals surface area contributed by atoms with Gasteiger partial charge in [-0.25, -0.2) is 8.42 Å². The molecule has 2 aromatic carbocycles. The van der Waals surface area contributed by atoms with Crippen molar-refractivity contribution >= 4 is 21.6 Å². The lowest BCUT2D eigenvalue weighted by atomic mass is 10.1.